The zero-order chi connectivity index (χ0) is 34.2. The number of nitrogens with zero attached hydrogens (tertiary/aromatic N) is 3. The molecule has 3 fully saturated rings. The van der Waals surface area contributed by atoms with Crippen LogP contribution in [0, 0.1) is 17.4 Å². The predicted molar refractivity (Wildman–Crippen MR) is 183 cm³/mol. The second kappa shape index (κ2) is 13.3. The summed E-state index contributed by atoms with van der Waals surface area (Å²) in [6.45, 7) is 25.9. The zero-order valence-corrected chi connectivity index (χ0v) is 29.6. The van der Waals surface area contributed by atoms with Crippen molar-refractivity contribution >= 4 is 29.3 Å². The molecule has 9 nitrogen and oxygen atoms in total. The fraction of sp³-hybridized carbons (Fsp3) is 0.595. The van der Waals surface area contributed by atoms with Crippen molar-refractivity contribution in [2.24, 2.45) is 10.8 Å². The molecule has 1 N–H and O–H groups in total. The average molecular weight is 665 g/mol. The van der Waals surface area contributed by atoms with Crippen molar-refractivity contribution in [2.45, 2.75) is 91.1 Å². The summed E-state index contributed by atoms with van der Waals surface area (Å²) < 4.78 is 18.2. The third-order valence-corrected chi connectivity index (χ3v) is 10.3. The number of morpholine rings is 1. The second-order valence-electron chi connectivity index (χ2n) is 15.5. The van der Waals surface area contributed by atoms with E-state index in [1.807, 2.05) is 45.0 Å². The van der Waals surface area contributed by atoms with Gasteiger partial charge in [0.05, 0.1) is 23.8 Å². The quantitative estimate of drug-likeness (QED) is 0.317. The lowest BCUT2D eigenvalue weighted by atomic mass is 9.49. The fourth-order valence-corrected chi connectivity index (χ4v) is 7.96. The minimum Gasteiger partial charge on any atom is -0.489 e. The summed E-state index contributed by atoms with van der Waals surface area (Å²) >= 11 is 6.24. The number of likely N-dealkylation sites (tertiary alicyclic amines) is 1. The Hall–Kier alpha value is -3.32. The van der Waals surface area contributed by atoms with E-state index in [1.165, 1.54) is 5.56 Å². The van der Waals surface area contributed by atoms with E-state index < -0.39 is 5.60 Å². The highest BCUT2D eigenvalue weighted by atomic mass is 35.5. The van der Waals surface area contributed by atoms with Gasteiger partial charge in [-0.05, 0) is 69.9 Å². The molecule has 2 heterocycles. The Bertz CT molecular complexity index is 1490. The molecule has 254 valence electrons. The molecule has 1 saturated carbocycles. The van der Waals surface area contributed by atoms with Gasteiger partial charge in [-0.3, -0.25) is 9.69 Å². The van der Waals surface area contributed by atoms with Crippen LogP contribution in [0.5, 0.6) is 5.75 Å². The Morgan fingerprint density at radius 2 is 1.70 bits per heavy atom. The number of amides is 2. The summed E-state index contributed by atoms with van der Waals surface area (Å²) in [6, 6.07) is 12.9. The molecule has 0 atom stereocenters. The summed E-state index contributed by atoms with van der Waals surface area (Å²) in [6.07, 6.45) is 2.08. The van der Waals surface area contributed by atoms with Crippen molar-refractivity contribution < 1.29 is 23.8 Å². The maximum atomic E-state index is 13.4. The number of carbonyl (C=O) groups excluding carboxylic acids is 2. The summed E-state index contributed by atoms with van der Waals surface area (Å²) in [5.41, 5.74) is 0.836. The zero-order valence-electron chi connectivity index (χ0n) is 28.8. The summed E-state index contributed by atoms with van der Waals surface area (Å²) in [7, 11) is 0. The van der Waals surface area contributed by atoms with Crippen molar-refractivity contribution in [3.8, 4) is 5.75 Å². The van der Waals surface area contributed by atoms with Crippen LogP contribution in [-0.4, -0.2) is 84.5 Å². The molecule has 1 aliphatic carbocycles. The van der Waals surface area contributed by atoms with Crippen LogP contribution in [-0.2, 0) is 15.9 Å². The number of rotatable bonds is 7. The second-order valence-corrected chi connectivity index (χ2v) is 15.9. The molecule has 1 spiro atoms. The monoisotopic (exact) mass is 664 g/mol. The Labute approximate surface area is 284 Å². The van der Waals surface area contributed by atoms with Gasteiger partial charge in [0, 0.05) is 55.2 Å². The van der Waals surface area contributed by atoms with Gasteiger partial charge in [-0.1, -0.05) is 57.5 Å². The number of halogens is 1. The van der Waals surface area contributed by atoms with Gasteiger partial charge in [-0.15, -0.1) is 0 Å². The first-order chi connectivity index (χ1) is 22.0. The van der Waals surface area contributed by atoms with Crippen molar-refractivity contribution in [1.29, 1.82) is 0 Å². The minimum atomic E-state index is -0.499. The lowest BCUT2D eigenvalue weighted by Gasteiger charge is -2.63. The standard InChI is InChI=1S/C37H49ClN4O5/c1-34(2,3)47-33(44)42-19-16-37(17-20-42)24-41(21-22-45-37)18-15-25-9-11-26(12-10-25)30(43)40-31-35(4,5)32(36(31,6)7)46-27-13-14-29(39-8)28(38)23-27/h9-14,23,31-32H,15-22,24H2,1-7H3,(H,40,43). The van der Waals surface area contributed by atoms with Gasteiger partial charge < -0.3 is 24.4 Å². The van der Waals surface area contributed by atoms with Crippen LogP contribution >= 0.6 is 11.6 Å². The molecular formula is C37H49ClN4O5. The van der Waals surface area contributed by atoms with Gasteiger partial charge in [-0.2, -0.15) is 0 Å². The molecule has 0 aromatic heterocycles. The SMILES string of the molecule is [C-]#[N+]c1ccc(OC2C(C)(C)C(NC(=O)c3ccc(CCN4CCOC5(CCN(C(=O)OC(C)(C)C)CC5)C4)cc3)C2(C)C)cc1Cl. The van der Waals surface area contributed by atoms with E-state index in [4.69, 9.17) is 32.4 Å². The number of carbonyl (C=O) groups is 2. The Morgan fingerprint density at radius 3 is 2.30 bits per heavy atom. The first-order valence-corrected chi connectivity index (χ1v) is 17.0. The van der Waals surface area contributed by atoms with Gasteiger partial charge in [0.1, 0.15) is 17.5 Å². The smallest absolute Gasteiger partial charge is 0.410 e. The average Bonchev–Trinajstić information content (AvgIpc) is 3.01. The Balaban J connectivity index is 1.11. The molecule has 0 radical (unpaired) electrons. The minimum absolute atomic E-state index is 0.0987. The van der Waals surface area contributed by atoms with Gasteiger partial charge in [0.25, 0.3) is 5.91 Å². The highest BCUT2D eigenvalue weighted by Crippen LogP contribution is 2.55. The molecule has 2 amide bonds. The lowest BCUT2D eigenvalue weighted by Crippen LogP contribution is -2.74. The predicted octanol–water partition coefficient (Wildman–Crippen LogP) is 7.15. The number of hydrogen-bond acceptors (Lipinski definition) is 6. The summed E-state index contributed by atoms with van der Waals surface area (Å²) in [5.74, 6) is 0.517. The van der Waals surface area contributed by atoms with Crippen molar-refractivity contribution in [1.82, 2.24) is 15.1 Å². The van der Waals surface area contributed by atoms with Crippen molar-refractivity contribution in [3.05, 3.63) is 70.0 Å². The third kappa shape index (κ3) is 7.72. The van der Waals surface area contributed by atoms with Gasteiger partial charge in [0.15, 0.2) is 0 Å². The normalized spacial score (nSPS) is 23.3. The number of hydrogen-bond donors (Lipinski definition) is 1. The number of benzene rings is 2. The molecule has 47 heavy (non-hydrogen) atoms. The molecular weight excluding hydrogens is 616 g/mol. The maximum absolute atomic E-state index is 13.4. The van der Waals surface area contributed by atoms with Gasteiger partial charge in [0.2, 0.25) is 5.69 Å². The largest absolute Gasteiger partial charge is 0.489 e. The van der Waals surface area contributed by atoms with E-state index in [2.05, 4.69) is 42.8 Å². The Kier molecular flexibility index (Phi) is 9.90. The van der Waals surface area contributed by atoms with Crippen molar-refractivity contribution in [2.75, 3.05) is 39.3 Å². The van der Waals surface area contributed by atoms with E-state index in [9.17, 15) is 9.59 Å². The van der Waals surface area contributed by atoms with Gasteiger partial charge in [-0.25, -0.2) is 9.64 Å². The molecule has 10 heteroatoms. The van der Waals surface area contributed by atoms with Crippen LogP contribution in [0.2, 0.25) is 5.02 Å². The first kappa shape index (κ1) is 35.0. The lowest BCUT2D eigenvalue weighted by molar-refractivity contribution is -0.164. The van der Waals surface area contributed by atoms with E-state index in [1.54, 1.807) is 23.1 Å². The van der Waals surface area contributed by atoms with Crippen molar-refractivity contribution in [3.63, 3.8) is 0 Å². The number of ether oxygens (including phenoxy) is 3. The highest BCUT2D eigenvalue weighted by molar-refractivity contribution is 6.33. The van der Waals surface area contributed by atoms with E-state index in [0.717, 1.165) is 38.9 Å². The molecule has 0 bridgehead atoms. The molecule has 2 aromatic carbocycles. The van der Waals surface area contributed by atoms with Crippen LogP contribution < -0.4 is 10.1 Å². The van der Waals surface area contributed by atoms with E-state index >= 15 is 0 Å². The topological polar surface area (TPSA) is 84.7 Å². The van der Waals surface area contributed by atoms with Crippen LogP contribution in [0.4, 0.5) is 10.5 Å². The molecule has 2 aliphatic heterocycles. The van der Waals surface area contributed by atoms with E-state index in [0.29, 0.717) is 41.7 Å². The fourth-order valence-electron chi connectivity index (χ4n) is 7.75. The van der Waals surface area contributed by atoms with E-state index in [-0.39, 0.29) is 40.6 Å². The van der Waals surface area contributed by atoms with Crippen LogP contribution in [0.15, 0.2) is 42.5 Å². The van der Waals surface area contributed by atoms with Gasteiger partial charge >= 0.3 is 6.09 Å². The molecule has 3 aliphatic rings. The molecule has 0 unspecified atom stereocenters. The van der Waals surface area contributed by atoms with Crippen LogP contribution in [0.1, 0.15) is 77.2 Å². The van der Waals surface area contributed by atoms with Crippen LogP contribution in [0.25, 0.3) is 4.85 Å². The first-order valence-electron chi connectivity index (χ1n) is 16.6. The molecule has 5 rings (SSSR count). The summed E-state index contributed by atoms with van der Waals surface area (Å²) in [4.78, 5) is 33.6. The maximum Gasteiger partial charge on any atom is 0.410 e. The third-order valence-electron chi connectivity index (χ3n) is 10.00. The number of piperidine rings is 1. The van der Waals surface area contributed by atoms with Crippen LogP contribution in [0.3, 0.4) is 0 Å². The number of nitrogens with one attached hydrogen (secondary N) is 1. The molecule has 2 saturated heterocycles. The Morgan fingerprint density at radius 1 is 1.04 bits per heavy atom. The highest BCUT2D eigenvalue weighted by Gasteiger charge is 2.64. The molecule has 2 aromatic rings. The summed E-state index contributed by atoms with van der Waals surface area (Å²) in [5, 5.41) is 3.64.